The number of aliphatic hydroxyl groups is 1. The van der Waals surface area contributed by atoms with Gasteiger partial charge in [0, 0.05) is 28.5 Å². The van der Waals surface area contributed by atoms with Crippen LogP contribution in [0.5, 0.6) is 11.6 Å². The van der Waals surface area contributed by atoms with E-state index in [2.05, 4.69) is 26.7 Å². The summed E-state index contributed by atoms with van der Waals surface area (Å²) in [7, 11) is 0. The molecule has 2 heterocycles. The number of para-hydroxylation sites is 1. The molecule has 0 radical (unpaired) electrons. The number of nitrogens with one attached hydrogen (secondary N) is 4. The Morgan fingerprint density at radius 1 is 0.971 bits per heavy atom. The van der Waals surface area contributed by atoms with Gasteiger partial charge in [-0.25, -0.2) is 0 Å². The minimum Gasteiger partial charge on any atom is -0.492 e. The number of rotatable bonds is 10. The van der Waals surface area contributed by atoms with Crippen LogP contribution in [0.1, 0.15) is 5.56 Å². The molecular weight excluding hydrogens is 464 g/mol. The lowest BCUT2D eigenvalue weighted by Gasteiger charge is -2.14. The van der Waals surface area contributed by atoms with E-state index in [1.165, 1.54) is 0 Å². The number of thiazole rings is 1. The molecule has 0 aliphatic rings. The number of H-pyrrole nitrogens is 2. The lowest BCUT2D eigenvalue weighted by molar-refractivity contribution is 0.107. The van der Waals surface area contributed by atoms with Crippen LogP contribution in [0.3, 0.4) is 0 Å². The molecule has 0 fully saturated rings. The molecule has 1 atom stereocenters. The number of ether oxygens (including phenoxy) is 1. The van der Waals surface area contributed by atoms with Gasteiger partial charge >= 0.3 is 4.87 Å². The fourth-order valence-corrected chi connectivity index (χ4v) is 4.68. The van der Waals surface area contributed by atoms with E-state index in [-0.39, 0.29) is 17.4 Å². The SMILES string of the molecule is O=c1[nH]c(O)c(Nc2ccc(CCNC[C@H](O)COc3cccc4[nH]c5ccccc5c34)cc2)s1. The number of aromatic amines is 2. The van der Waals surface area contributed by atoms with Crippen molar-refractivity contribution >= 4 is 43.8 Å². The van der Waals surface area contributed by atoms with Gasteiger partial charge in [-0.1, -0.05) is 47.7 Å². The molecule has 3 aromatic carbocycles. The first-order valence-corrected chi connectivity index (χ1v) is 12.2. The molecule has 180 valence electrons. The Hall–Kier alpha value is -3.79. The average molecular weight is 491 g/mol. The van der Waals surface area contributed by atoms with Gasteiger partial charge in [0.1, 0.15) is 18.5 Å². The third kappa shape index (κ3) is 5.32. The topological polar surface area (TPSA) is 122 Å². The standard InChI is InChI=1S/C26H26N4O4S/c31-18(15-34-22-7-3-6-21-23(22)19-4-1-2-5-20(19)29-21)14-27-13-12-16-8-10-17(11-9-16)28-25-24(32)30-26(33)35-25/h1-11,18,27-29,31-32H,12-15H2,(H,30,33)/t18-/m0/s1. The summed E-state index contributed by atoms with van der Waals surface area (Å²) in [5.74, 6) is 0.599. The molecule has 0 unspecified atom stereocenters. The highest BCUT2D eigenvalue weighted by Crippen LogP contribution is 2.33. The maximum Gasteiger partial charge on any atom is 0.309 e. The number of anilines is 2. The Morgan fingerprint density at radius 3 is 2.57 bits per heavy atom. The van der Waals surface area contributed by atoms with Gasteiger partial charge in [-0.3, -0.25) is 9.78 Å². The number of benzene rings is 3. The fourth-order valence-electron chi connectivity index (χ4n) is 4.03. The number of fused-ring (bicyclic) bond motifs is 3. The molecule has 35 heavy (non-hydrogen) atoms. The van der Waals surface area contributed by atoms with Gasteiger partial charge in [0.05, 0.1) is 5.52 Å². The van der Waals surface area contributed by atoms with E-state index in [1.54, 1.807) is 0 Å². The van der Waals surface area contributed by atoms with Crippen LogP contribution >= 0.6 is 11.3 Å². The van der Waals surface area contributed by atoms with E-state index >= 15 is 0 Å². The summed E-state index contributed by atoms with van der Waals surface area (Å²) in [6.07, 6.45) is 0.161. The van der Waals surface area contributed by atoms with E-state index in [0.29, 0.717) is 18.1 Å². The Bertz CT molecular complexity index is 1490. The summed E-state index contributed by atoms with van der Waals surface area (Å²) < 4.78 is 5.98. The Kier molecular flexibility index (Phi) is 6.71. The molecule has 5 aromatic rings. The van der Waals surface area contributed by atoms with Crippen LogP contribution in [0.2, 0.25) is 0 Å². The summed E-state index contributed by atoms with van der Waals surface area (Å²) in [6, 6.07) is 21.8. The molecule has 0 saturated carbocycles. The van der Waals surface area contributed by atoms with Gasteiger partial charge in [0.2, 0.25) is 5.88 Å². The van der Waals surface area contributed by atoms with Gasteiger partial charge in [-0.15, -0.1) is 0 Å². The van der Waals surface area contributed by atoms with E-state index in [4.69, 9.17) is 4.74 Å². The van der Waals surface area contributed by atoms with Crippen LogP contribution in [0.15, 0.2) is 71.5 Å². The highest BCUT2D eigenvalue weighted by Gasteiger charge is 2.11. The molecule has 6 N–H and O–H groups in total. The predicted octanol–water partition coefficient (Wildman–Crippen LogP) is 4.09. The zero-order valence-corrected chi connectivity index (χ0v) is 19.7. The molecular formula is C26H26N4O4S. The molecule has 2 aromatic heterocycles. The zero-order valence-electron chi connectivity index (χ0n) is 18.9. The maximum atomic E-state index is 11.3. The summed E-state index contributed by atoms with van der Waals surface area (Å²) in [6.45, 7) is 1.33. The van der Waals surface area contributed by atoms with Gasteiger partial charge < -0.3 is 30.6 Å². The first-order chi connectivity index (χ1) is 17.1. The van der Waals surface area contributed by atoms with Crippen LogP contribution in [0.25, 0.3) is 21.8 Å². The lowest BCUT2D eigenvalue weighted by atomic mass is 10.1. The molecule has 5 rings (SSSR count). The minimum atomic E-state index is -0.636. The number of hydrogen-bond acceptors (Lipinski definition) is 7. The van der Waals surface area contributed by atoms with Crippen molar-refractivity contribution in [3.8, 4) is 11.6 Å². The number of aromatic hydroxyl groups is 1. The van der Waals surface area contributed by atoms with Gasteiger partial charge in [0.15, 0.2) is 5.00 Å². The minimum absolute atomic E-state index is 0.158. The molecule has 9 heteroatoms. The molecule has 0 aliphatic heterocycles. The molecule has 0 aliphatic carbocycles. The quantitative estimate of drug-likeness (QED) is 0.164. The molecule has 0 bridgehead atoms. The number of aromatic nitrogens is 2. The predicted molar refractivity (Wildman–Crippen MR) is 140 cm³/mol. The summed E-state index contributed by atoms with van der Waals surface area (Å²) in [4.78, 5) is 16.7. The van der Waals surface area contributed by atoms with E-state index in [1.807, 2.05) is 60.7 Å². The van der Waals surface area contributed by atoms with Crippen molar-refractivity contribution in [2.45, 2.75) is 12.5 Å². The molecule has 0 saturated heterocycles. The highest BCUT2D eigenvalue weighted by atomic mass is 32.1. The third-order valence-electron chi connectivity index (χ3n) is 5.74. The summed E-state index contributed by atoms with van der Waals surface area (Å²) in [5.41, 5.74) is 3.99. The highest BCUT2D eigenvalue weighted by molar-refractivity contribution is 7.13. The van der Waals surface area contributed by atoms with Gasteiger partial charge in [0.25, 0.3) is 0 Å². The van der Waals surface area contributed by atoms with Gasteiger partial charge in [-0.05, 0) is 48.9 Å². The van der Waals surface area contributed by atoms with E-state index in [0.717, 1.165) is 56.6 Å². The van der Waals surface area contributed by atoms with Crippen LogP contribution in [-0.2, 0) is 6.42 Å². The monoisotopic (exact) mass is 490 g/mol. The fraction of sp³-hybridized carbons (Fsp3) is 0.192. The summed E-state index contributed by atoms with van der Waals surface area (Å²) >= 11 is 0.919. The Labute approximate surface area is 205 Å². The van der Waals surface area contributed by atoms with Crippen LogP contribution in [0.4, 0.5) is 10.7 Å². The Balaban J connectivity index is 1.08. The van der Waals surface area contributed by atoms with Crippen molar-refractivity contribution in [1.82, 2.24) is 15.3 Å². The second-order valence-electron chi connectivity index (χ2n) is 8.28. The third-order valence-corrected chi connectivity index (χ3v) is 6.52. The zero-order chi connectivity index (χ0) is 24.2. The van der Waals surface area contributed by atoms with Crippen molar-refractivity contribution in [2.24, 2.45) is 0 Å². The largest absolute Gasteiger partial charge is 0.492 e. The van der Waals surface area contributed by atoms with Gasteiger partial charge in [-0.2, -0.15) is 0 Å². The second kappa shape index (κ2) is 10.2. The second-order valence-corrected chi connectivity index (χ2v) is 9.27. The van der Waals surface area contributed by atoms with Crippen molar-refractivity contribution in [1.29, 1.82) is 0 Å². The number of hydrogen-bond donors (Lipinski definition) is 6. The molecule has 8 nitrogen and oxygen atoms in total. The first-order valence-electron chi connectivity index (χ1n) is 11.4. The lowest BCUT2D eigenvalue weighted by Crippen LogP contribution is -2.32. The maximum absolute atomic E-state index is 11.3. The van der Waals surface area contributed by atoms with Crippen molar-refractivity contribution in [3.63, 3.8) is 0 Å². The molecule has 0 amide bonds. The summed E-state index contributed by atoms with van der Waals surface area (Å²) in [5, 5.41) is 28.9. The van der Waals surface area contributed by atoms with Crippen molar-refractivity contribution < 1.29 is 14.9 Å². The van der Waals surface area contributed by atoms with E-state index in [9.17, 15) is 15.0 Å². The normalized spacial score (nSPS) is 12.3. The van der Waals surface area contributed by atoms with Crippen LogP contribution < -0.4 is 20.2 Å². The molecule has 0 spiro atoms. The average Bonchev–Trinajstić information content (AvgIpc) is 3.40. The Morgan fingerprint density at radius 2 is 1.77 bits per heavy atom. The number of aliphatic hydroxyl groups excluding tert-OH is 1. The van der Waals surface area contributed by atoms with Crippen molar-refractivity contribution in [3.05, 3.63) is 82.0 Å². The van der Waals surface area contributed by atoms with E-state index < -0.39 is 6.10 Å². The van der Waals surface area contributed by atoms with Crippen LogP contribution in [0, 0.1) is 0 Å². The smallest absolute Gasteiger partial charge is 0.309 e. The van der Waals surface area contributed by atoms with Crippen molar-refractivity contribution in [2.75, 3.05) is 25.0 Å². The van der Waals surface area contributed by atoms with Crippen LogP contribution in [-0.4, -0.2) is 46.0 Å². The first kappa shape index (κ1) is 23.0.